The van der Waals surface area contributed by atoms with Crippen molar-refractivity contribution in [2.75, 3.05) is 0 Å². The van der Waals surface area contributed by atoms with Crippen LogP contribution < -0.4 is 0 Å². The highest BCUT2D eigenvalue weighted by atomic mass is 16.6. The largest absolute Gasteiger partial charge is 0.288 e. The van der Waals surface area contributed by atoms with Gasteiger partial charge in [0.05, 0.1) is 0 Å². The third-order valence-corrected chi connectivity index (χ3v) is 3.26. The van der Waals surface area contributed by atoms with Gasteiger partial charge in [-0.25, -0.2) is 14.6 Å². The summed E-state index contributed by atoms with van der Waals surface area (Å²) in [5, 5.41) is 7.22. The highest BCUT2D eigenvalue weighted by Crippen LogP contribution is 2.26. The second kappa shape index (κ2) is 5.96. The van der Waals surface area contributed by atoms with E-state index in [9.17, 15) is 9.59 Å². The summed E-state index contributed by atoms with van der Waals surface area (Å²) in [5.74, 6) is -0.486. The van der Waals surface area contributed by atoms with Gasteiger partial charge in [-0.2, -0.15) is 9.97 Å². The first-order valence-corrected chi connectivity index (χ1v) is 7.16. The molecule has 4 rings (SSSR count). The SMILES string of the molecule is O=C1C=CC=CC1=Nc1nc2nonc2nc1N=C1C=CC=CC1=O. The van der Waals surface area contributed by atoms with Gasteiger partial charge in [0, 0.05) is 0 Å². The monoisotopic (exact) mass is 332 g/mol. The zero-order valence-corrected chi connectivity index (χ0v) is 12.5. The molecule has 0 saturated heterocycles. The van der Waals surface area contributed by atoms with Crippen molar-refractivity contribution >= 4 is 45.9 Å². The van der Waals surface area contributed by atoms with E-state index in [1.807, 2.05) is 0 Å². The van der Waals surface area contributed by atoms with Crippen molar-refractivity contribution < 1.29 is 14.2 Å². The molecule has 0 aliphatic heterocycles. The number of fused-ring (bicyclic) bond motifs is 1. The van der Waals surface area contributed by atoms with Gasteiger partial charge >= 0.3 is 0 Å². The third-order valence-electron chi connectivity index (χ3n) is 3.26. The van der Waals surface area contributed by atoms with Crippen LogP contribution in [0.3, 0.4) is 0 Å². The number of aliphatic imine (C=N–C) groups is 2. The van der Waals surface area contributed by atoms with E-state index < -0.39 is 0 Å². The maximum Gasteiger partial charge on any atom is 0.245 e. The third kappa shape index (κ3) is 2.85. The molecule has 0 amide bonds. The van der Waals surface area contributed by atoms with Gasteiger partial charge in [-0.3, -0.25) is 9.59 Å². The van der Waals surface area contributed by atoms with Crippen LogP contribution in [0.5, 0.6) is 0 Å². The van der Waals surface area contributed by atoms with E-state index in [1.54, 1.807) is 36.5 Å². The van der Waals surface area contributed by atoms with Gasteiger partial charge in [-0.15, -0.1) is 0 Å². The molecule has 0 spiro atoms. The Morgan fingerprint density at radius 1 is 0.680 bits per heavy atom. The van der Waals surface area contributed by atoms with Gasteiger partial charge in [0.1, 0.15) is 11.4 Å². The number of carbonyl (C=O) groups is 2. The lowest BCUT2D eigenvalue weighted by Crippen LogP contribution is -2.11. The van der Waals surface area contributed by atoms with Gasteiger partial charge in [0.2, 0.25) is 34.5 Å². The van der Waals surface area contributed by atoms with E-state index in [0.29, 0.717) is 0 Å². The quantitative estimate of drug-likeness (QED) is 0.764. The molecule has 0 aromatic carbocycles. The number of allylic oxidation sites excluding steroid dienone is 8. The lowest BCUT2D eigenvalue weighted by atomic mass is 10.1. The first-order chi connectivity index (χ1) is 12.2. The molecule has 9 heteroatoms. The molecule has 2 heterocycles. The van der Waals surface area contributed by atoms with Crippen molar-refractivity contribution in [3.8, 4) is 0 Å². The number of aromatic nitrogens is 4. The van der Waals surface area contributed by atoms with Crippen LogP contribution in [-0.2, 0) is 9.59 Å². The average Bonchev–Trinajstić information content (AvgIpc) is 3.06. The smallest absolute Gasteiger partial charge is 0.245 e. The Balaban J connectivity index is 1.87. The molecule has 0 N–H and O–H groups in total. The second-order valence-corrected chi connectivity index (χ2v) is 4.94. The summed E-state index contributed by atoms with van der Waals surface area (Å²) in [5.41, 5.74) is 0.576. The number of ketones is 2. The van der Waals surface area contributed by atoms with Crippen LogP contribution in [0, 0.1) is 0 Å². The standard InChI is InChI=1S/C16H8N6O3/c23-11-7-3-1-5-9(11)17-13-14(18-10-6-2-4-8-12(10)24)20-16-15(19-13)21-25-22-16/h1-8H. The normalized spacial score (nSPS) is 19.7. The zero-order chi connectivity index (χ0) is 17.2. The molecule has 25 heavy (non-hydrogen) atoms. The summed E-state index contributed by atoms with van der Waals surface area (Å²) in [6.45, 7) is 0. The highest BCUT2D eigenvalue weighted by molar-refractivity contribution is 6.50. The molecule has 2 aromatic rings. The number of nitrogens with zero attached hydrogens (tertiary/aromatic N) is 6. The highest BCUT2D eigenvalue weighted by Gasteiger charge is 2.17. The Morgan fingerprint density at radius 2 is 1.12 bits per heavy atom. The van der Waals surface area contributed by atoms with Crippen molar-refractivity contribution in [1.29, 1.82) is 0 Å². The minimum Gasteiger partial charge on any atom is -0.288 e. The second-order valence-electron chi connectivity index (χ2n) is 4.94. The Kier molecular flexibility index (Phi) is 3.51. The van der Waals surface area contributed by atoms with E-state index in [-0.39, 0.29) is 45.9 Å². The van der Waals surface area contributed by atoms with Crippen LogP contribution in [0.15, 0.2) is 63.2 Å². The van der Waals surface area contributed by atoms with Crippen LogP contribution in [0.4, 0.5) is 11.6 Å². The molecule has 0 saturated carbocycles. The number of hydrogen-bond acceptors (Lipinski definition) is 9. The minimum atomic E-state index is -0.280. The van der Waals surface area contributed by atoms with Gasteiger partial charge in [-0.05, 0) is 34.6 Å². The Hall–Kier alpha value is -3.88. The number of carbonyl (C=O) groups excluding carboxylic acids is 2. The van der Waals surface area contributed by atoms with E-state index in [2.05, 4.69) is 34.9 Å². The van der Waals surface area contributed by atoms with Crippen molar-refractivity contribution in [2.24, 2.45) is 9.98 Å². The summed E-state index contributed by atoms with van der Waals surface area (Å²) >= 11 is 0. The first kappa shape index (κ1) is 14.7. The molecule has 0 fully saturated rings. The van der Waals surface area contributed by atoms with E-state index in [1.165, 1.54) is 12.2 Å². The summed E-state index contributed by atoms with van der Waals surface area (Å²) in [6, 6.07) is 0. The van der Waals surface area contributed by atoms with Gasteiger partial charge < -0.3 is 0 Å². The summed E-state index contributed by atoms with van der Waals surface area (Å²) in [6.07, 6.45) is 12.4. The molecule has 2 aliphatic carbocycles. The topological polar surface area (TPSA) is 124 Å². The molecule has 0 unspecified atom stereocenters. The van der Waals surface area contributed by atoms with Crippen LogP contribution in [-0.4, -0.2) is 43.3 Å². The number of hydrogen-bond donors (Lipinski definition) is 0. The first-order valence-electron chi connectivity index (χ1n) is 7.16. The number of rotatable bonds is 2. The average molecular weight is 332 g/mol. The van der Waals surface area contributed by atoms with Gasteiger partial charge in [0.15, 0.2) is 0 Å². The fourth-order valence-electron chi connectivity index (χ4n) is 2.10. The molecular weight excluding hydrogens is 324 g/mol. The lowest BCUT2D eigenvalue weighted by molar-refractivity contribution is -0.109. The van der Waals surface area contributed by atoms with Crippen LogP contribution in [0.2, 0.25) is 0 Å². The molecular formula is C16H8N6O3. The summed E-state index contributed by atoms with van der Waals surface area (Å²) < 4.78 is 4.59. The van der Waals surface area contributed by atoms with Crippen molar-refractivity contribution in [3.05, 3.63) is 48.6 Å². The van der Waals surface area contributed by atoms with Gasteiger partial charge in [-0.1, -0.05) is 24.3 Å². The Labute approximate surface area is 139 Å². The summed E-state index contributed by atoms with van der Waals surface area (Å²) in [4.78, 5) is 40.5. The van der Waals surface area contributed by atoms with Crippen molar-refractivity contribution in [2.45, 2.75) is 0 Å². The fraction of sp³-hybridized carbons (Fsp3) is 0. The molecule has 0 atom stereocenters. The predicted octanol–water partition coefficient (Wildman–Crippen LogP) is 1.55. The van der Waals surface area contributed by atoms with E-state index >= 15 is 0 Å². The van der Waals surface area contributed by atoms with E-state index in [4.69, 9.17) is 0 Å². The van der Waals surface area contributed by atoms with Gasteiger partial charge in [0.25, 0.3) is 0 Å². The van der Waals surface area contributed by atoms with Crippen LogP contribution in [0.25, 0.3) is 11.3 Å². The van der Waals surface area contributed by atoms with Crippen molar-refractivity contribution in [1.82, 2.24) is 20.3 Å². The van der Waals surface area contributed by atoms with Crippen LogP contribution in [0.1, 0.15) is 0 Å². The zero-order valence-electron chi connectivity index (χ0n) is 12.5. The fourth-order valence-corrected chi connectivity index (χ4v) is 2.10. The molecule has 2 aliphatic rings. The van der Waals surface area contributed by atoms with Crippen LogP contribution >= 0.6 is 0 Å². The maximum atomic E-state index is 11.9. The minimum absolute atomic E-state index is 0.0368. The Morgan fingerprint density at radius 3 is 1.56 bits per heavy atom. The summed E-state index contributed by atoms with van der Waals surface area (Å²) in [7, 11) is 0. The molecule has 2 aromatic heterocycles. The lowest BCUT2D eigenvalue weighted by Gasteiger charge is -2.04. The maximum absolute atomic E-state index is 11.9. The predicted molar refractivity (Wildman–Crippen MR) is 88.2 cm³/mol. The molecule has 9 nitrogen and oxygen atoms in total. The molecule has 0 bridgehead atoms. The van der Waals surface area contributed by atoms with Crippen molar-refractivity contribution in [3.63, 3.8) is 0 Å². The Bertz CT molecular complexity index is 1000. The molecule has 120 valence electrons. The van der Waals surface area contributed by atoms with E-state index in [0.717, 1.165) is 0 Å². The molecule has 0 radical (unpaired) electrons.